The maximum atomic E-state index is 7.75. The van der Waals surface area contributed by atoms with E-state index in [1.54, 1.807) is 6.07 Å². The first-order chi connectivity index (χ1) is 27.7. The van der Waals surface area contributed by atoms with E-state index in [0.717, 1.165) is 61.5 Å². The molecular formula is C50H32N6. The number of para-hydroxylation sites is 1. The number of hydrogen-bond acceptors (Lipinski definition) is 5. The molecule has 6 nitrogen and oxygen atoms in total. The van der Waals surface area contributed by atoms with Gasteiger partial charge in [-0.3, -0.25) is 0 Å². The molecule has 0 aliphatic carbocycles. The third-order valence-corrected chi connectivity index (χ3v) is 9.59. The fourth-order valence-electron chi connectivity index (χ4n) is 6.72. The second kappa shape index (κ2) is 15.2. The molecule has 0 saturated carbocycles. The van der Waals surface area contributed by atoms with Crippen molar-refractivity contribution in [3.8, 4) is 90.3 Å². The molecule has 0 aliphatic heterocycles. The first-order valence-electron chi connectivity index (χ1n) is 18.3. The number of nitrogens with zero attached hydrogens (tertiary/aromatic N) is 6. The molecule has 6 heteroatoms. The molecule has 262 valence electrons. The summed E-state index contributed by atoms with van der Waals surface area (Å²) in [7, 11) is 0. The van der Waals surface area contributed by atoms with Crippen LogP contribution in [-0.2, 0) is 0 Å². The minimum atomic E-state index is 0.458. The summed E-state index contributed by atoms with van der Waals surface area (Å²) in [6.07, 6.45) is 0. The zero-order valence-electron chi connectivity index (χ0n) is 30.2. The molecule has 0 aliphatic rings. The van der Waals surface area contributed by atoms with Crippen LogP contribution in [0.15, 0.2) is 194 Å². The normalized spacial score (nSPS) is 10.8. The van der Waals surface area contributed by atoms with Crippen LogP contribution in [0.3, 0.4) is 0 Å². The van der Waals surface area contributed by atoms with E-state index < -0.39 is 0 Å². The van der Waals surface area contributed by atoms with E-state index in [0.29, 0.717) is 34.5 Å². The molecule has 2 heterocycles. The average molecular weight is 717 g/mol. The minimum Gasteiger partial charge on any atom is -0.237 e. The lowest BCUT2D eigenvalue weighted by Gasteiger charge is -2.12. The van der Waals surface area contributed by atoms with Crippen molar-refractivity contribution in [2.45, 2.75) is 0 Å². The Hall–Kier alpha value is -7.88. The van der Waals surface area contributed by atoms with Crippen molar-refractivity contribution in [2.24, 2.45) is 0 Å². The van der Waals surface area contributed by atoms with Gasteiger partial charge >= 0.3 is 0 Å². The summed E-state index contributed by atoms with van der Waals surface area (Å²) < 4.78 is 0. The summed E-state index contributed by atoms with van der Waals surface area (Å²) in [5, 5.41) is 0. The van der Waals surface area contributed by atoms with Crippen LogP contribution in [0.25, 0.3) is 95.2 Å². The van der Waals surface area contributed by atoms with Crippen LogP contribution in [0.1, 0.15) is 0 Å². The second-order valence-electron chi connectivity index (χ2n) is 13.2. The van der Waals surface area contributed by atoms with Crippen molar-refractivity contribution in [1.82, 2.24) is 24.9 Å². The predicted octanol–water partition coefficient (Wildman–Crippen LogP) is 12.5. The summed E-state index contributed by atoms with van der Waals surface area (Å²) in [5.74, 6) is 2.18. The molecule has 7 aromatic carbocycles. The Bertz CT molecular complexity index is 2850. The fourth-order valence-corrected chi connectivity index (χ4v) is 6.72. The summed E-state index contributed by atoms with van der Waals surface area (Å²) >= 11 is 0. The third-order valence-electron chi connectivity index (χ3n) is 9.59. The zero-order chi connectivity index (χ0) is 37.7. The average Bonchev–Trinajstić information content (AvgIpc) is 3.29. The Morgan fingerprint density at radius 2 is 0.696 bits per heavy atom. The molecule has 0 fully saturated rings. The van der Waals surface area contributed by atoms with E-state index >= 15 is 0 Å². The van der Waals surface area contributed by atoms with Gasteiger partial charge in [-0.2, -0.15) is 0 Å². The highest BCUT2D eigenvalue weighted by Crippen LogP contribution is 2.34. The highest BCUT2D eigenvalue weighted by Gasteiger charge is 2.16. The van der Waals surface area contributed by atoms with Crippen LogP contribution in [0.4, 0.5) is 5.69 Å². The van der Waals surface area contributed by atoms with Crippen LogP contribution < -0.4 is 0 Å². The second-order valence-corrected chi connectivity index (χ2v) is 13.2. The Kier molecular flexibility index (Phi) is 9.23. The summed E-state index contributed by atoms with van der Waals surface area (Å²) in [6.45, 7) is 7.75. The first-order valence-corrected chi connectivity index (χ1v) is 18.3. The van der Waals surface area contributed by atoms with E-state index in [1.807, 2.05) is 84.9 Å². The van der Waals surface area contributed by atoms with Crippen LogP contribution >= 0.6 is 0 Å². The topological polar surface area (TPSA) is 68.8 Å². The highest BCUT2D eigenvalue weighted by molar-refractivity contribution is 5.79. The lowest BCUT2D eigenvalue weighted by Crippen LogP contribution is -2.00. The van der Waals surface area contributed by atoms with Crippen LogP contribution in [0, 0.1) is 6.57 Å². The largest absolute Gasteiger partial charge is 0.237 e. The molecule has 0 bridgehead atoms. The van der Waals surface area contributed by atoms with Gasteiger partial charge in [0.25, 0.3) is 0 Å². The van der Waals surface area contributed by atoms with Gasteiger partial charge in [-0.1, -0.05) is 176 Å². The summed E-state index contributed by atoms with van der Waals surface area (Å²) in [6, 6.07) is 65.0. The van der Waals surface area contributed by atoms with Gasteiger partial charge in [0, 0.05) is 33.4 Å². The molecule has 0 saturated heterocycles. The van der Waals surface area contributed by atoms with Crippen molar-refractivity contribution in [1.29, 1.82) is 0 Å². The molecule has 0 unspecified atom stereocenters. The molecule has 0 atom stereocenters. The molecular weight excluding hydrogens is 685 g/mol. The van der Waals surface area contributed by atoms with E-state index in [4.69, 9.17) is 31.5 Å². The third kappa shape index (κ3) is 7.08. The van der Waals surface area contributed by atoms with E-state index in [1.165, 1.54) is 0 Å². The van der Waals surface area contributed by atoms with Gasteiger partial charge in [-0.25, -0.2) is 29.8 Å². The van der Waals surface area contributed by atoms with Crippen molar-refractivity contribution in [3.05, 3.63) is 206 Å². The van der Waals surface area contributed by atoms with Crippen LogP contribution in [-0.4, -0.2) is 24.9 Å². The van der Waals surface area contributed by atoms with Gasteiger partial charge in [-0.15, -0.1) is 0 Å². The molecule has 2 aromatic heterocycles. The van der Waals surface area contributed by atoms with Crippen molar-refractivity contribution >= 4 is 5.69 Å². The summed E-state index contributed by atoms with van der Waals surface area (Å²) in [4.78, 5) is 28.5. The summed E-state index contributed by atoms with van der Waals surface area (Å²) in [5.41, 5.74) is 11.9. The van der Waals surface area contributed by atoms with Gasteiger partial charge in [0.05, 0.1) is 18.0 Å². The molecule has 0 amide bonds. The predicted molar refractivity (Wildman–Crippen MR) is 225 cm³/mol. The number of aromatic nitrogens is 5. The first kappa shape index (κ1) is 33.9. The van der Waals surface area contributed by atoms with Gasteiger partial charge in [0.2, 0.25) is 0 Å². The molecule has 9 rings (SSSR count). The zero-order valence-corrected chi connectivity index (χ0v) is 30.2. The minimum absolute atomic E-state index is 0.458. The quantitative estimate of drug-likeness (QED) is 0.146. The Labute approximate surface area is 325 Å². The number of benzene rings is 7. The smallest absolute Gasteiger partial charge is 0.198 e. The van der Waals surface area contributed by atoms with Gasteiger partial charge < -0.3 is 0 Å². The van der Waals surface area contributed by atoms with E-state index in [-0.39, 0.29) is 0 Å². The highest BCUT2D eigenvalue weighted by atomic mass is 15.0. The molecule has 0 spiro atoms. The van der Waals surface area contributed by atoms with Gasteiger partial charge in [0.15, 0.2) is 29.0 Å². The molecule has 0 radical (unpaired) electrons. The monoisotopic (exact) mass is 716 g/mol. The van der Waals surface area contributed by atoms with Crippen molar-refractivity contribution in [2.75, 3.05) is 0 Å². The maximum Gasteiger partial charge on any atom is 0.198 e. The standard InChI is InChI=1S/C50H32N6/c1-51-44-26-12-11-25-43(44)50-55-48(37-19-9-4-10-20-37)54-49(56-50)42-24-14-22-40(32-42)35-27-29-38(30-28-35)47-52-45(36-17-7-3-8-18-36)33-46(53-47)41-23-13-21-39(31-41)34-15-5-2-6-16-34/h2-33H. The number of hydrogen-bond donors (Lipinski definition) is 0. The fraction of sp³-hybridized carbons (Fsp3) is 0. The lowest BCUT2D eigenvalue weighted by molar-refractivity contribution is 1.07. The SMILES string of the molecule is [C-]#[N+]c1ccccc1-c1nc(-c2ccccc2)nc(-c2cccc(-c3ccc(-c4nc(-c5ccccc5)cc(-c5cccc(-c6ccccc6)c5)n4)cc3)c2)n1. The Balaban J connectivity index is 1.08. The molecule has 0 N–H and O–H groups in total. The van der Waals surface area contributed by atoms with Crippen molar-refractivity contribution in [3.63, 3.8) is 0 Å². The Morgan fingerprint density at radius 3 is 1.36 bits per heavy atom. The molecule has 56 heavy (non-hydrogen) atoms. The Morgan fingerprint density at radius 1 is 0.286 bits per heavy atom. The lowest BCUT2D eigenvalue weighted by atomic mass is 10.00. The van der Waals surface area contributed by atoms with E-state index in [2.05, 4.69) is 108 Å². The number of rotatable bonds is 8. The van der Waals surface area contributed by atoms with Gasteiger partial charge in [-0.05, 0) is 40.5 Å². The molecule has 9 aromatic rings. The van der Waals surface area contributed by atoms with Crippen molar-refractivity contribution < 1.29 is 0 Å². The van der Waals surface area contributed by atoms with Gasteiger partial charge in [0.1, 0.15) is 0 Å². The van der Waals surface area contributed by atoms with Crippen LogP contribution in [0.2, 0.25) is 0 Å². The van der Waals surface area contributed by atoms with Crippen LogP contribution in [0.5, 0.6) is 0 Å². The van der Waals surface area contributed by atoms with E-state index in [9.17, 15) is 0 Å². The maximum absolute atomic E-state index is 7.75.